The van der Waals surface area contributed by atoms with Crippen molar-refractivity contribution >= 4 is 40.0 Å². The third-order valence-corrected chi connectivity index (χ3v) is 8.11. The van der Waals surface area contributed by atoms with Gasteiger partial charge in [-0.05, 0) is 42.7 Å². The van der Waals surface area contributed by atoms with Crippen LogP contribution in [0.4, 0.5) is 5.00 Å². The molecule has 7 nitrogen and oxygen atoms in total. The Morgan fingerprint density at radius 1 is 1.18 bits per heavy atom. The monoisotopic (exact) mass is 498 g/mol. The molecule has 0 radical (unpaired) electrons. The van der Waals surface area contributed by atoms with E-state index in [-0.39, 0.29) is 17.1 Å². The van der Waals surface area contributed by atoms with Crippen molar-refractivity contribution in [3.8, 4) is 11.4 Å². The number of hydrogen-bond acceptors (Lipinski definition) is 7. The van der Waals surface area contributed by atoms with E-state index in [1.54, 1.807) is 0 Å². The van der Waals surface area contributed by atoms with E-state index in [1.807, 2.05) is 11.5 Å². The zero-order valence-corrected chi connectivity index (χ0v) is 21.9. The van der Waals surface area contributed by atoms with E-state index >= 15 is 0 Å². The van der Waals surface area contributed by atoms with E-state index in [9.17, 15) is 9.59 Å². The van der Waals surface area contributed by atoms with Crippen molar-refractivity contribution in [2.24, 2.45) is 0 Å². The van der Waals surface area contributed by atoms with Gasteiger partial charge in [0.1, 0.15) is 5.00 Å². The summed E-state index contributed by atoms with van der Waals surface area (Å²) in [5, 5.41) is 12.9. The van der Waals surface area contributed by atoms with E-state index in [1.165, 1.54) is 35.8 Å². The Morgan fingerprint density at radius 3 is 2.56 bits per heavy atom. The van der Waals surface area contributed by atoms with Gasteiger partial charge in [0.2, 0.25) is 5.91 Å². The van der Waals surface area contributed by atoms with Gasteiger partial charge in [-0.25, -0.2) is 4.79 Å². The van der Waals surface area contributed by atoms with Gasteiger partial charge in [0.15, 0.2) is 11.0 Å². The highest BCUT2D eigenvalue weighted by atomic mass is 32.2. The van der Waals surface area contributed by atoms with Crippen LogP contribution >= 0.6 is 23.1 Å². The molecule has 180 valence electrons. The second-order valence-corrected chi connectivity index (χ2v) is 11.3. The molecular weight excluding hydrogens is 468 g/mol. The summed E-state index contributed by atoms with van der Waals surface area (Å²) in [7, 11) is 1.37. The number of anilines is 1. The molecule has 9 heteroatoms. The highest BCUT2D eigenvalue weighted by Crippen LogP contribution is 2.39. The Bertz CT molecular complexity index is 1210. The number of carbonyl (C=O) groups excluding carboxylic acids is 2. The minimum absolute atomic E-state index is 0.0851. The smallest absolute Gasteiger partial charge is 0.341 e. The Hall–Kier alpha value is -2.65. The summed E-state index contributed by atoms with van der Waals surface area (Å²) < 4.78 is 6.98. The molecule has 0 aliphatic heterocycles. The minimum Gasteiger partial charge on any atom is -0.465 e. The number of ether oxygens (including phenoxy) is 1. The molecule has 0 atom stereocenters. The maximum atomic E-state index is 12.7. The predicted octanol–water partition coefficient (Wildman–Crippen LogP) is 5.33. The number of rotatable bonds is 7. The van der Waals surface area contributed by atoms with Crippen molar-refractivity contribution in [1.29, 1.82) is 0 Å². The van der Waals surface area contributed by atoms with Crippen molar-refractivity contribution in [2.75, 3.05) is 18.2 Å². The first kappa shape index (κ1) is 24.5. The summed E-state index contributed by atoms with van der Waals surface area (Å²) >= 11 is 2.82. The maximum Gasteiger partial charge on any atom is 0.341 e. The summed E-state index contributed by atoms with van der Waals surface area (Å²) in [5.74, 6) is 0.380. The molecule has 0 saturated heterocycles. The molecule has 1 amide bonds. The molecular formula is C25H30N4O3S2. The molecule has 0 saturated carbocycles. The van der Waals surface area contributed by atoms with Crippen LogP contribution in [-0.2, 0) is 34.3 Å². The summed E-state index contributed by atoms with van der Waals surface area (Å²) in [6.07, 6.45) is 2.82. The first-order chi connectivity index (χ1) is 16.2. The van der Waals surface area contributed by atoms with Crippen molar-refractivity contribution in [3.05, 3.63) is 45.8 Å². The van der Waals surface area contributed by atoms with Crippen LogP contribution in [0.5, 0.6) is 0 Å². The van der Waals surface area contributed by atoms with Gasteiger partial charge in [-0.1, -0.05) is 56.8 Å². The van der Waals surface area contributed by atoms with Crippen molar-refractivity contribution in [1.82, 2.24) is 14.8 Å². The summed E-state index contributed by atoms with van der Waals surface area (Å²) in [5.41, 5.74) is 3.87. The van der Waals surface area contributed by atoms with Crippen LogP contribution in [-0.4, -0.2) is 39.5 Å². The molecule has 0 bridgehead atoms. The quantitative estimate of drug-likeness (QED) is 0.350. The fourth-order valence-corrected chi connectivity index (χ4v) is 6.21. The maximum absolute atomic E-state index is 12.7. The second kappa shape index (κ2) is 9.92. The average Bonchev–Trinajstić information content (AvgIpc) is 3.50. The number of amides is 1. The number of fused-ring (bicyclic) bond motifs is 1. The lowest BCUT2D eigenvalue weighted by molar-refractivity contribution is -0.113. The van der Waals surface area contributed by atoms with Gasteiger partial charge in [-0.15, -0.1) is 21.5 Å². The minimum atomic E-state index is -0.393. The van der Waals surface area contributed by atoms with Crippen LogP contribution in [0.2, 0.25) is 0 Å². The highest BCUT2D eigenvalue weighted by molar-refractivity contribution is 7.99. The molecule has 1 aliphatic carbocycles. The molecule has 2 heterocycles. The molecule has 0 unspecified atom stereocenters. The number of aromatic nitrogens is 3. The molecule has 0 fully saturated rings. The number of methoxy groups -OCH3 is 1. The van der Waals surface area contributed by atoms with Gasteiger partial charge in [-0.2, -0.15) is 0 Å². The zero-order valence-electron chi connectivity index (χ0n) is 20.2. The van der Waals surface area contributed by atoms with Crippen molar-refractivity contribution in [2.45, 2.75) is 64.1 Å². The van der Waals surface area contributed by atoms with E-state index in [4.69, 9.17) is 4.74 Å². The molecule has 3 aromatic rings. The van der Waals surface area contributed by atoms with Crippen LogP contribution in [0.3, 0.4) is 0 Å². The Morgan fingerprint density at radius 2 is 1.91 bits per heavy atom. The molecule has 2 aromatic heterocycles. The van der Waals surface area contributed by atoms with Crippen LogP contribution in [0, 0.1) is 0 Å². The molecule has 1 aromatic carbocycles. The number of thioether (sulfide) groups is 1. The fraction of sp³-hybridized carbons (Fsp3) is 0.440. The topological polar surface area (TPSA) is 86.1 Å². The third-order valence-electron chi connectivity index (χ3n) is 5.94. The van der Waals surface area contributed by atoms with Crippen LogP contribution in [0.25, 0.3) is 11.4 Å². The molecule has 0 spiro atoms. The number of nitrogens with zero attached hydrogens (tertiary/aromatic N) is 3. The Kier molecular flexibility index (Phi) is 7.14. The molecule has 1 aliphatic rings. The number of benzene rings is 1. The van der Waals surface area contributed by atoms with Gasteiger partial charge < -0.3 is 14.6 Å². The number of thiophene rings is 1. The van der Waals surface area contributed by atoms with Gasteiger partial charge in [0.05, 0.1) is 18.4 Å². The zero-order chi connectivity index (χ0) is 24.5. The third kappa shape index (κ3) is 4.90. The first-order valence-corrected chi connectivity index (χ1v) is 13.2. The van der Waals surface area contributed by atoms with E-state index in [0.717, 1.165) is 41.1 Å². The lowest BCUT2D eigenvalue weighted by atomic mass is 9.87. The largest absolute Gasteiger partial charge is 0.465 e. The predicted molar refractivity (Wildman–Crippen MR) is 137 cm³/mol. The molecule has 4 rings (SSSR count). The molecule has 34 heavy (non-hydrogen) atoms. The van der Waals surface area contributed by atoms with Gasteiger partial charge in [-0.3, -0.25) is 4.79 Å². The van der Waals surface area contributed by atoms with Crippen LogP contribution in [0.15, 0.2) is 29.4 Å². The van der Waals surface area contributed by atoms with E-state index in [2.05, 4.69) is 60.6 Å². The first-order valence-electron chi connectivity index (χ1n) is 11.4. The van der Waals surface area contributed by atoms with Gasteiger partial charge >= 0.3 is 5.97 Å². The molecule has 1 N–H and O–H groups in total. The van der Waals surface area contributed by atoms with E-state index in [0.29, 0.717) is 22.3 Å². The van der Waals surface area contributed by atoms with Crippen LogP contribution < -0.4 is 5.32 Å². The Balaban J connectivity index is 1.46. The average molecular weight is 499 g/mol. The second-order valence-electron chi connectivity index (χ2n) is 9.27. The number of hydrogen-bond donors (Lipinski definition) is 1. The van der Waals surface area contributed by atoms with E-state index < -0.39 is 5.97 Å². The van der Waals surface area contributed by atoms with Gasteiger partial charge in [0.25, 0.3) is 0 Å². The lowest BCUT2D eigenvalue weighted by Gasteiger charge is -2.19. The fourth-order valence-electron chi connectivity index (χ4n) is 4.12. The van der Waals surface area contributed by atoms with Crippen LogP contribution in [0.1, 0.15) is 60.5 Å². The lowest BCUT2D eigenvalue weighted by Crippen LogP contribution is -2.16. The SMILES string of the molecule is CCn1c(SCC(=O)Nc2sc3c(c2C(=O)OC)CCC3)nnc1-c1ccc(C(C)(C)C)cc1. The van der Waals surface area contributed by atoms with Crippen molar-refractivity contribution in [3.63, 3.8) is 0 Å². The number of aryl methyl sites for hydroxylation is 1. The number of esters is 1. The normalized spacial score (nSPS) is 13.1. The Labute approximate surface area is 208 Å². The number of carbonyl (C=O) groups is 2. The van der Waals surface area contributed by atoms with Gasteiger partial charge in [0, 0.05) is 17.0 Å². The standard InChI is InChI=1S/C25H30N4O3S2/c1-6-29-21(15-10-12-16(13-11-15)25(2,3)4)27-28-24(29)33-14-19(30)26-22-20(23(31)32-5)17-8-7-9-18(17)34-22/h10-13H,6-9,14H2,1-5H3,(H,26,30). The summed E-state index contributed by atoms with van der Waals surface area (Å²) in [6.45, 7) is 9.30. The highest BCUT2D eigenvalue weighted by Gasteiger charge is 2.28. The summed E-state index contributed by atoms with van der Waals surface area (Å²) in [6, 6.07) is 8.40. The summed E-state index contributed by atoms with van der Waals surface area (Å²) in [4.78, 5) is 26.2. The van der Waals surface area contributed by atoms with Crippen molar-refractivity contribution < 1.29 is 14.3 Å². The number of nitrogens with one attached hydrogen (secondary N) is 1.